The average Bonchev–Trinajstić information content (AvgIpc) is 2.79. The van der Waals surface area contributed by atoms with E-state index in [0.29, 0.717) is 0 Å². The van der Waals surface area contributed by atoms with Gasteiger partial charge < -0.3 is 0 Å². The molecule has 0 aromatic carbocycles. The van der Waals surface area contributed by atoms with E-state index in [0.717, 1.165) is 54.9 Å². The van der Waals surface area contributed by atoms with Crippen LogP contribution < -0.4 is 21.2 Å². The second kappa shape index (κ2) is 9.10. The van der Waals surface area contributed by atoms with Gasteiger partial charge in [-0.15, -0.1) is 0 Å². The average molecular weight is 957 g/mol. The van der Waals surface area contributed by atoms with Gasteiger partial charge in [-0.3, -0.25) is 0 Å². The molecule has 0 aromatic heterocycles. The van der Waals surface area contributed by atoms with Crippen LogP contribution in [-0.4, -0.2) is 35.7 Å². The molecular weight excluding hydrogens is 920 g/mol. The second-order valence-corrected chi connectivity index (χ2v) is 21.7. The summed E-state index contributed by atoms with van der Waals surface area (Å²) in [5, 5.41) is 10.8. The van der Waals surface area contributed by atoms with E-state index < -0.39 is 33.5 Å². The van der Waals surface area contributed by atoms with Crippen LogP contribution >= 0.6 is 67.8 Å². The SMILES string of the molecule is CC1(C)CCC2(C[I-]C=O)CCC3C4(C)CCC5C(C)(I)C(=O)C(O)=CC5(C)C4=CC(=O)C3(I)C2(I)C1. The molecule has 0 amide bonds. The first kappa shape index (κ1) is 29.7. The van der Waals surface area contributed by atoms with Crippen LogP contribution in [-0.2, 0) is 14.4 Å². The number of ketones is 2. The number of alkyl halides is 4. The molecule has 0 radical (unpaired) electrons. The standard InChI is InChI=1S/C29H37I4O4/c1-23(2)10-11-27(15-33-16-34)9-7-19-24(3)8-6-18-25(4,13-17(35)22(37)26(18,5)30)20(24)12-21(36)29(19,32)28(27,31)14-23/h12-13,16,18-19,35H,6-11,14-15H2,1-5H3/q-1. The molecule has 37 heavy (non-hydrogen) atoms. The zero-order valence-electron chi connectivity index (χ0n) is 22.2. The fourth-order valence-corrected chi connectivity index (χ4v) is 18.1. The molecule has 206 valence electrons. The van der Waals surface area contributed by atoms with Crippen LogP contribution in [0.3, 0.4) is 0 Å². The van der Waals surface area contributed by atoms with Gasteiger partial charge in [0.05, 0.1) is 0 Å². The molecule has 0 bridgehead atoms. The molecule has 5 aliphatic rings. The van der Waals surface area contributed by atoms with Crippen molar-refractivity contribution in [2.75, 3.05) is 4.43 Å². The van der Waals surface area contributed by atoms with Crippen molar-refractivity contribution in [1.82, 2.24) is 0 Å². The normalized spacial score (nSPS) is 50.7. The first-order valence-corrected chi connectivity index (χ1v) is 19.3. The van der Waals surface area contributed by atoms with Crippen molar-refractivity contribution in [2.45, 2.75) is 89.8 Å². The van der Waals surface area contributed by atoms with Crippen LogP contribution in [0.4, 0.5) is 0 Å². The van der Waals surface area contributed by atoms with Gasteiger partial charge in [0.15, 0.2) is 0 Å². The fraction of sp³-hybridized carbons (Fsp3) is 0.759. The van der Waals surface area contributed by atoms with Crippen LogP contribution in [0.25, 0.3) is 0 Å². The van der Waals surface area contributed by atoms with Crippen LogP contribution in [0, 0.1) is 33.5 Å². The number of Topliss-reactive ketones (excluding diaryl/α,β-unsaturated/α-hetero) is 1. The Morgan fingerprint density at radius 2 is 1.65 bits per heavy atom. The summed E-state index contributed by atoms with van der Waals surface area (Å²) in [5.74, 6) is 0.0990. The number of hydrogen-bond acceptors (Lipinski definition) is 4. The molecule has 4 nitrogen and oxygen atoms in total. The van der Waals surface area contributed by atoms with Gasteiger partial charge in [-0.05, 0) is 0 Å². The number of carbonyl (C=O) groups is 3. The predicted molar refractivity (Wildman–Crippen MR) is 168 cm³/mol. The number of carbonyl (C=O) groups excluding carboxylic acids is 3. The number of hydrogen-bond donors (Lipinski definition) is 1. The Balaban J connectivity index is 1.71. The molecule has 1 N–H and O–H groups in total. The third-order valence-electron chi connectivity index (χ3n) is 11.3. The van der Waals surface area contributed by atoms with Crippen molar-refractivity contribution in [3.8, 4) is 0 Å². The van der Waals surface area contributed by atoms with Gasteiger partial charge in [-0.25, -0.2) is 0 Å². The number of allylic oxidation sites excluding steroid dienone is 4. The summed E-state index contributed by atoms with van der Waals surface area (Å²) in [4.78, 5) is 39.2. The third-order valence-corrected chi connectivity index (χ3v) is 20.4. The van der Waals surface area contributed by atoms with E-state index in [2.05, 4.69) is 95.5 Å². The molecule has 0 heterocycles. The van der Waals surface area contributed by atoms with Gasteiger partial charge in [-0.1, -0.05) is 0 Å². The van der Waals surface area contributed by atoms with Crippen LogP contribution in [0.2, 0.25) is 0 Å². The second-order valence-electron chi connectivity index (χ2n) is 13.8. The summed E-state index contributed by atoms with van der Waals surface area (Å²) in [5.41, 5.74) is 0.597. The summed E-state index contributed by atoms with van der Waals surface area (Å²) < 4.78 is 0.680. The number of aliphatic hydroxyl groups excluding tert-OH is 1. The maximum absolute atomic E-state index is 14.7. The van der Waals surface area contributed by atoms with Gasteiger partial charge in [-0.2, -0.15) is 0 Å². The van der Waals surface area contributed by atoms with Crippen LogP contribution in [0.15, 0.2) is 23.5 Å². The molecule has 8 atom stereocenters. The molecule has 3 saturated carbocycles. The molecule has 8 heteroatoms. The zero-order chi connectivity index (χ0) is 27.4. The summed E-state index contributed by atoms with van der Waals surface area (Å²) >= 11 is 7.02. The molecule has 3 fully saturated rings. The predicted octanol–water partition coefficient (Wildman–Crippen LogP) is 4.37. The first-order valence-electron chi connectivity index (χ1n) is 13.3. The summed E-state index contributed by atoms with van der Waals surface area (Å²) in [6, 6.07) is 0. The molecule has 0 spiro atoms. The fourth-order valence-electron chi connectivity index (χ4n) is 9.36. The number of aliphatic hydroxyl groups is 1. The quantitative estimate of drug-likeness (QED) is 0.198. The number of fused-ring (bicyclic) bond motifs is 7. The van der Waals surface area contributed by atoms with Crippen LogP contribution in [0.1, 0.15) is 79.6 Å². The summed E-state index contributed by atoms with van der Waals surface area (Å²) in [7, 11) is 0. The van der Waals surface area contributed by atoms with Gasteiger partial charge in [0.2, 0.25) is 0 Å². The summed E-state index contributed by atoms with van der Waals surface area (Å²) in [6.45, 7) is 11.2. The topological polar surface area (TPSA) is 71.4 Å². The van der Waals surface area contributed by atoms with Crippen molar-refractivity contribution in [1.29, 1.82) is 0 Å². The van der Waals surface area contributed by atoms with Gasteiger partial charge >= 0.3 is 276 Å². The van der Waals surface area contributed by atoms with Crippen molar-refractivity contribution < 1.29 is 40.7 Å². The van der Waals surface area contributed by atoms with E-state index in [9.17, 15) is 19.5 Å². The Kier molecular flexibility index (Phi) is 7.31. The van der Waals surface area contributed by atoms with Crippen molar-refractivity contribution in [3.05, 3.63) is 23.5 Å². The van der Waals surface area contributed by atoms with E-state index >= 15 is 0 Å². The van der Waals surface area contributed by atoms with E-state index in [1.165, 1.54) is 4.29 Å². The van der Waals surface area contributed by atoms with E-state index in [1.807, 2.05) is 13.0 Å². The Morgan fingerprint density at radius 1 is 1.00 bits per heavy atom. The van der Waals surface area contributed by atoms with Crippen molar-refractivity contribution in [3.63, 3.8) is 0 Å². The molecule has 5 aliphatic carbocycles. The molecule has 5 rings (SSSR count). The zero-order valence-corrected chi connectivity index (χ0v) is 30.9. The molecule has 0 aliphatic heterocycles. The molecule has 0 saturated heterocycles. The van der Waals surface area contributed by atoms with Gasteiger partial charge in [0, 0.05) is 0 Å². The van der Waals surface area contributed by atoms with Crippen molar-refractivity contribution in [2.24, 2.45) is 33.5 Å². The molecular formula is C29H37I4O4-. The van der Waals surface area contributed by atoms with Crippen LogP contribution in [0.5, 0.6) is 0 Å². The van der Waals surface area contributed by atoms with E-state index in [4.69, 9.17) is 0 Å². The minimum absolute atomic E-state index is 0.0314. The Bertz CT molecular complexity index is 1140. The minimum atomic E-state index is -0.701. The van der Waals surface area contributed by atoms with Gasteiger partial charge in [0.25, 0.3) is 0 Å². The van der Waals surface area contributed by atoms with E-state index in [1.54, 1.807) is 6.08 Å². The Hall–Kier alpha value is 1.21. The molecule has 8 unspecified atom stereocenters. The Labute approximate surface area is 272 Å². The summed E-state index contributed by atoms with van der Waals surface area (Å²) in [6.07, 6.45) is 10.9. The van der Waals surface area contributed by atoms with E-state index in [-0.39, 0.29) is 48.8 Å². The number of halogens is 4. The first-order chi connectivity index (χ1) is 17.0. The third kappa shape index (κ3) is 3.80. The number of rotatable bonds is 3. The monoisotopic (exact) mass is 957 g/mol. The van der Waals surface area contributed by atoms with Gasteiger partial charge in [0.1, 0.15) is 0 Å². The Morgan fingerprint density at radius 3 is 2.30 bits per heavy atom. The molecule has 0 aromatic rings. The van der Waals surface area contributed by atoms with Crippen molar-refractivity contribution >= 4 is 83.6 Å². The maximum atomic E-state index is 14.7.